The van der Waals surface area contributed by atoms with Gasteiger partial charge in [-0.25, -0.2) is 4.39 Å². The third-order valence-corrected chi connectivity index (χ3v) is 3.60. The summed E-state index contributed by atoms with van der Waals surface area (Å²) in [4.78, 5) is 0. The lowest BCUT2D eigenvalue weighted by atomic mass is 9.93. The SMILES string of the molecule is OC(/C1=C/CCCCCC1)c1cc(F)cc(Cl)c1. The van der Waals surface area contributed by atoms with Gasteiger partial charge < -0.3 is 5.11 Å². The number of benzene rings is 1. The van der Waals surface area contributed by atoms with Crippen LogP contribution >= 0.6 is 11.6 Å². The van der Waals surface area contributed by atoms with Crippen molar-refractivity contribution < 1.29 is 9.50 Å². The summed E-state index contributed by atoms with van der Waals surface area (Å²) in [5, 5.41) is 10.6. The number of hydrogen-bond donors (Lipinski definition) is 1. The number of aliphatic hydroxyl groups excluding tert-OH is 1. The van der Waals surface area contributed by atoms with Gasteiger partial charge in [0, 0.05) is 5.02 Å². The van der Waals surface area contributed by atoms with Crippen molar-refractivity contribution in [2.24, 2.45) is 0 Å². The number of hydrogen-bond acceptors (Lipinski definition) is 1. The van der Waals surface area contributed by atoms with E-state index in [1.165, 1.54) is 31.4 Å². The molecule has 1 aromatic carbocycles. The summed E-state index contributed by atoms with van der Waals surface area (Å²) in [5.41, 5.74) is 1.54. The average Bonchev–Trinajstić information content (AvgIpc) is 2.26. The molecule has 0 saturated heterocycles. The van der Waals surface area contributed by atoms with Crippen molar-refractivity contribution in [1.82, 2.24) is 0 Å². The summed E-state index contributed by atoms with van der Waals surface area (Å²) >= 11 is 5.82. The van der Waals surface area contributed by atoms with Crippen molar-refractivity contribution in [1.29, 1.82) is 0 Å². The largest absolute Gasteiger partial charge is 0.384 e. The maximum absolute atomic E-state index is 13.3. The van der Waals surface area contributed by atoms with E-state index >= 15 is 0 Å². The molecule has 0 aliphatic heterocycles. The van der Waals surface area contributed by atoms with Crippen LogP contribution in [0.25, 0.3) is 0 Å². The number of aliphatic hydroxyl groups is 1. The van der Waals surface area contributed by atoms with Crippen molar-refractivity contribution in [2.75, 3.05) is 0 Å². The minimum absolute atomic E-state index is 0.329. The second-order valence-electron chi connectivity index (χ2n) is 4.84. The van der Waals surface area contributed by atoms with Crippen LogP contribution in [-0.4, -0.2) is 5.11 Å². The smallest absolute Gasteiger partial charge is 0.125 e. The van der Waals surface area contributed by atoms with E-state index in [9.17, 15) is 9.50 Å². The fourth-order valence-electron chi connectivity index (χ4n) is 2.41. The number of rotatable bonds is 2. The normalized spacial score (nSPS) is 21.6. The van der Waals surface area contributed by atoms with Crippen molar-refractivity contribution in [3.63, 3.8) is 0 Å². The van der Waals surface area contributed by atoms with Gasteiger partial charge in [0.15, 0.2) is 0 Å². The molecular weight excluding hydrogens is 251 g/mol. The predicted molar refractivity (Wildman–Crippen MR) is 72.2 cm³/mol. The van der Waals surface area contributed by atoms with E-state index in [2.05, 4.69) is 6.08 Å². The lowest BCUT2D eigenvalue weighted by Crippen LogP contribution is -2.04. The van der Waals surface area contributed by atoms with E-state index in [1.54, 1.807) is 6.07 Å². The van der Waals surface area contributed by atoms with Crippen LogP contribution in [-0.2, 0) is 0 Å². The molecule has 0 spiro atoms. The molecule has 0 heterocycles. The van der Waals surface area contributed by atoms with Crippen LogP contribution in [0.5, 0.6) is 0 Å². The number of allylic oxidation sites excluding steroid dienone is 1. The molecule has 18 heavy (non-hydrogen) atoms. The van der Waals surface area contributed by atoms with Gasteiger partial charge in [0.05, 0.1) is 0 Å². The maximum atomic E-state index is 13.3. The Kier molecular flexibility index (Phi) is 4.79. The lowest BCUT2D eigenvalue weighted by molar-refractivity contribution is 0.208. The summed E-state index contributed by atoms with van der Waals surface area (Å²) in [6, 6.07) is 4.25. The molecule has 1 aromatic rings. The van der Waals surface area contributed by atoms with Crippen LogP contribution in [0.4, 0.5) is 4.39 Å². The van der Waals surface area contributed by atoms with E-state index in [4.69, 9.17) is 11.6 Å². The molecule has 1 atom stereocenters. The zero-order valence-corrected chi connectivity index (χ0v) is 11.1. The quantitative estimate of drug-likeness (QED) is 0.765. The Hall–Kier alpha value is -0.860. The third kappa shape index (κ3) is 3.56. The summed E-state index contributed by atoms with van der Waals surface area (Å²) in [7, 11) is 0. The molecular formula is C15H18ClFO. The van der Waals surface area contributed by atoms with Gasteiger partial charge in [-0.2, -0.15) is 0 Å². The predicted octanol–water partition coefficient (Wildman–Crippen LogP) is 4.79. The van der Waals surface area contributed by atoms with Crippen LogP contribution in [0.1, 0.15) is 50.2 Å². The van der Waals surface area contributed by atoms with Gasteiger partial charge in [0.1, 0.15) is 11.9 Å². The van der Waals surface area contributed by atoms with E-state index in [-0.39, 0.29) is 0 Å². The maximum Gasteiger partial charge on any atom is 0.125 e. The molecule has 0 radical (unpaired) electrons. The van der Waals surface area contributed by atoms with Gasteiger partial charge in [-0.05, 0) is 55.0 Å². The summed E-state index contributed by atoms with van der Waals surface area (Å²) < 4.78 is 13.3. The minimum Gasteiger partial charge on any atom is -0.384 e. The van der Waals surface area contributed by atoms with Gasteiger partial charge in [-0.3, -0.25) is 0 Å². The minimum atomic E-state index is -0.726. The van der Waals surface area contributed by atoms with Gasteiger partial charge in [0.25, 0.3) is 0 Å². The Morgan fingerprint density at radius 3 is 2.67 bits per heavy atom. The highest BCUT2D eigenvalue weighted by atomic mass is 35.5. The second kappa shape index (κ2) is 6.35. The standard InChI is InChI=1S/C15H18ClFO/c16-13-8-12(9-14(17)10-13)15(18)11-6-4-2-1-3-5-7-11/h6,8-10,15,18H,1-5,7H2/b11-6+. The molecule has 1 aliphatic carbocycles. The van der Waals surface area contributed by atoms with Gasteiger partial charge in [-0.15, -0.1) is 0 Å². The van der Waals surface area contributed by atoms with Gasteiger partial charge in [-0.1, -0.05) is 30.5 Å². The number of halogens is 2. The van der Waals surface area contributed by atoms with Crippen molar-refractivity contribution in [3.05, 3.63) is 46.3 Å². The van der Waals surface area contributed by atoms with Crippen molar-refractivity contribution in [3.8, 4) is 0 Å². The van der Waals surface area contributed by atoms with E-state index in [0.29, 0.717) is 10.6 Å². The van der Waals surface area contributed by atoms with E-state index in [1.807, 2.05) is 0 Å². The molecule has 1 unspecified atom stereocenters. The molecule has 0 amide bonds. The molecule has 0 saturated carbocycles. The highest BCUT2D eigenvalue weighted by Crippen LogP contribution is 2.30. The zero-order chi connectivity index (χ0) is 13.0. The Morgan fingerprint density at radius 2 is 1.89 bits per heavy atom. The topological polar surface area (TPSA) is 20.2 Å². The summed E-state index contributed by atoms with van der Waals surface area (Å²) in [5.74, 6) is -0.400. The summed E-state index contributed by atoms with van der Waals surface area (Å²) in [6.07, 6.45) is 7.97. The monoisotopic (exact) mass is 268 g/mol. The molecule has 1 nitrogen and oxygen atoms in total. The lowest BCUT2D eigenvalue weighted by Gasteiger charge is -2.18. The van der Waals surface area contributed by atoms with Crippen LogP contribution in [0.3, 0.4) is 0 Å². The van der Waals surface area contributed by atoms with Crippen LogP contribution in [0.2, 0.25) is 5.02 Å². The Bertz CT molecular complexity index is 422. The van der Waals surface area contributed by atoms with Crippen molar-refractivity contribution >= 4 is 11.6 Å². The van der Waals surface area contributed by atoms with Crippen LogP contribution in [0, 0.1) is 5.82 Å². The highest BCUT2D eigenvalue weighted by molar-refractivity contribution is 6.30. The fourth-order valence-corrected chi connectivity index (χ4v) is 2.64. The first-order valence-electron chi connectivity index (χ1n) is 6.50. The molecule has 3 heteroatoms. The summed E-state index contributed by atoms with van der Waals surface area (Å²) in [6.45, 7) is 0. The molecule has 1 aliphatic rings. The van der Waals surface area contributed by atoms with E-state index < -0.39 is 11.9 Å². The van der Waals surface area contributed by atoms with E-state index in [0.717, 1.165) is 24.8 Å². The molecule has 2 rings (SSSR count). The van der Waals surface area contributed by atoms with Gasteiger partial charge >= 0.3 is 0 Å². The molecule has 1 N–H and O–H groups in total. The van der Waals surface area contributed by atoms with Crippen molar-refractivity contribution in [2.45, 2.75) is 44.6 Å². The fraction of sp³-hybridized carbons (Fsp3) is 0.467. The highest BCUT2D eigenvalue weighted by Gasteiger charge is 2.15. The second-order valence-corrected chi connectivity index (χ2v) is 5.27. The molecule has 0 bridgehead atoms. The first-order chi connectivity index (χ1) is 8.66. The Labute approximate surface area is 112 Å². The molecule has 0 fully saturated rings. The zero-order valence-electron chi connectivity index (χ0n) is 10.3. The van der Waals surface area contributed by atoms with Crippen LogP contribution in [0.15, 0.2) is 29.8 Å². The van der Waals surface area contributed by atoms with Crippen LogP contribution < -0.4 is 0 Å². The molecule has 98 valence electrons. The average molecular weight is 269 g/mol. The first kappa shape index (κ1) is 13.6. The van der Waals surface area contributed by atoms with Gasteiger partial charge in [0.2, 0.25) is 0 Å². The Balaban J connectivity index is 2.20. The molecule has 0 aromatic heterocycles. The third-order valence-electron chi connectivity index (χ3n) is 3.38. The Morgan fingerprint density at radius 1 is 1.11 bits per heavy atom. The first-order valence-corrected chi connectivity index (χ1v) is 6.87.